The van der Waals surface area contributed by atoms with Crippen LogP contribution in [-0.2, 0) is 0 Å². The van der Waals surface area contributed by atoms with Crippen LogP contribution < -0.4 is 5.32 Å². The van der Waals surface area contributed by atoms with Crippen molar-refractivity contribution in [1.82, 2.24) is 5.32 Å². The van der Waals surface area contributed by atoms with Gasteiger partial charge in [0.05, 0.1) is 5.60 Å². The Morgan fingerprint density at radius 1 is 1.27 bits per heavy atom. The Balaban J connectivity index is 2.35. The van der Waals surface area contributed by atoms with E-state index in [2.05, 4.69) is 26.1 Å². The summed E-state index contributed by atoms with van der Waals surface area (Å²) in [4.78, 5) is 0. The lowest BCUT2D eigenvalue weighted by atomic mass is 9.87. The Hall–Kier alpha value is -0.0800. The summed E-state index contributed by atoms with van der Waals surface area (Å²) in [7, 11) is 0. The van der Waals surface area contributed by atoms with Gasteiger partial charge in [0.2, 0.25) is 0 Å². The molecule has 0 aliphatic heterocycles. The van der Waals surface area contributed by atoms with Crippen LogP contribution in [0.15, 0.2) is 0 Å². The summed E-state index contributed by atoms with van der Waals surface area (Å²) in [5, 5.41) is 13.8. The summed E-state index contributed by atoms with van der Waals surface area (Å²) in [6.07, 6.45) is 4.98. The summed E-state index contributed by atoms with van der Waals surface area (Å²) in [5.74, 6) is 1.13. The average Bonchev–Trinajstić information content (AvgIpc) is 2.67. The van der Waals surface area contributed by atoms with Gasteiger partial charge in [0, 0.05) is 12.6 Å². The van der Waals surface area contributed by atoms with Crippen molar-refractivity contribution in [1.29, 1.82) is 0 Å². The monoisotopic (exact) mass is 213 g/mol. The van der Waals surface area contributed by atoms with Gasteiger partial charge in [-0.15, -0.1) is 0 Å². The fraction of sp³-hybridized carbons (Fsp3) is 1.00. The molecule has 0 aromatic carbocycles. The molecule has 0 spiro atoms. The first kappa shape index (κ1) is 13.0. The molecule has 0 amide bonds. The molecule has 2 atom stereocenters. The van der Waals surface area contributed by atoms with E-state index in [0.29, 0.717) is 17.9 Å². The van der Waals surface area contributed by atoms with Crippen molar-refractivity contribution in [2.24, 2.45) is 11.8 Å². The molecule has 0 bridgehead atoms. The molecule has 0 aromatic heterocycles. The predicted octanol–water partition coefficient (Wildman–Crippen LogP) is 2.56. The molecule has 0 saturated heterocycles. The van der Waals surface area contributed by atoms with E-state index < -0.39 is 5.60 Å². The second kappa shape index (κ2) is 5.31. The number of aliphatic hydroxyl groups is 1. The van der Waals surface area contributed by atoms with E-state index in [1.807, 2.05) is 6.92 Å². The van der Waals surface area contributed by atoms with Crippen LogP contribution in [0.4, 0.5) is 0 Å². The molecule has 1 saturated carbocycles. The van der Waals surface area contributed by atoms with Crippen LogP contribution in [0, 0.1) is 11.8 Å². The van der Waals surface area contributed by atoms with Crippen molar-refractivity contribution in [2.45, 2.75) is 65.0 Å². The van der Waals surface area contributed by atoms with Gasteiger partial charge in [-0.1, -0.05) is 26.7 Å². The van der Waals surface area contributed by atoms with Gasteiger partial charge in [0.15, 0.2) is 0 Å². The standard InChI is InChI=1S/C13H27NO/c1-10(2)11(3)14-9-13(4,15)12-7-5-6-8-12/h10-12,14-15H,5-9H2,1-4H3. The molecule has 1 rings (SSSR count). The fourth-order valence-corrected chi connectivity index (χ4v) is 2.30. The van der Waals surface area contributed by atoms with Gasteiger partial charge in [0.1, 0.15) is 0 Å². The minimum Gasteiger partial charge on any atom is -0.389 e. The number of rotatable bonds is 5. The van der Waals surface area contributed by atoms with Crippen LogP contribution in [0.1, 0.15) is 53.4 Å². The summed E-state index contributed by atoms with van der Waals surface area (Å²) in [6, 6.07) is 0.484. The average molecular weight is 213 g/mol. The minimum absolute atomic E-state index is 0.484. The van der Waals surface area contributed by atoms with E-state index >= 15 is 0 Å². The van der Waals surface area contributed by atoms with Crippen molar-refractivity contribution < 1.29 is 5.11 Å². The van der Waals surface area contributed by atoms with Crippen molar-refractivity contribution in [3.63, 3.8) is 0 Å². The van der Waals surface area contributed by atoms with Crippen molar-refractivity contribution >= 4 is 0 Å². The summed E-state index contributed by atoms with van der Waals surface area (Å²) in [6.45, 7) is 9.33. The van der Waals surface area contributed by atoms with Crippen LogP contribution in [0.25, 0.3) is 0 Å². The first-order valence-electron chi connectivity index (χ1n) is 6.39. The van der Waals surface area contributed by atoms with Gasteiger partial charge >= 0.3 is 0 Å². The van der Waals surface area contributed by atoms with Gasteiger partial charge in [-0.25, -0.2) is 0 Å². The molecule has 2 unspecified atom stereocenters. The van der Waals surface area contributed by atoms with Gasteiger partial charge in [-0.05, 0) is 38.5 Å². The quantitative estimate of drug-likeness (QED) is 0.735. The molecule has 2 heteroatoms. The van der Waals surface area contributed by atoms with E-state index in [4.69, 9.17) is 0 Å². The van der Waals surface area contributed by atoms with Gasteiger partial charge in [-0.3, -0.25) is 0 Å². The van der Waals surface area contributed by atoms with Crippen LogP contribution in [-0.4, -0.2) is 23.3 Å². The molecule has 0 heterocycles. The molecular weight excluding hydrogens is 186 g/mol. The van der Waals surface area contributed by atoms with Crippen LogP contribution in [0.3, 0.4) is 0 Å². The first-order valence-corrected chi connectivity index (χ1v) is 6.39. The summed E-state index contributed by atoms with van der Waals surface area (Å²) in [5.41, 5.74) is -0.514. The second-order valence-electron chi connectivity index (χ2n) is 5.75. The molecule has 0 aromatic rings. The second-order valence-corrected chi connectivity index (χ2v) is 5.75. The van der Waals surface area contributed by atoms with Gasteiger partial charge in [0.25, 0.3) is 0 Å². The summed E-state index contributed by atoms with van der Waals surface area (Å²) < 4.78 is 0. The molecule has 1 aliphatic rings. The van der Waals surface area contributed by atoms with Crippen LogP contribution in [0.5, 0.6) is 0 Å². The molecule has 2 nitrogen and oxygen atoms in total. The maximum absolute atomic E-state index is 10.4. The number of hydrogen-bond acceptors (Lipinski definition) is 2. The van der Waals surface area contributed by atoms with Gasteiger partial charge in [-0.2, -0.15) is 0 Å². The Bertz CT molecular complexity index is 183. The minimum atomic E-state index is -0.514. The third-order valence-electron chi connectivity index (χ3n) is 4.02. The van der Waals surface area contributed by atoms with E-state index in [-0.39, 0.29) is 0 Å². The third kappa shape index (κ3) is 3.76. The van der Waals surface area contributed by atoms with Crippen molar-refractivity contribution in [3.05, 3.63) is 0 Å². The van der Waals surface area contributed by atoms with E-state index in [1.54, 1.807) is 0 Å². The highest BCUT2D eigenvalue weighted by Gasteiger charge is 2.33. The molecule has 90 valence electrons. The Labute approximate surface area is 94.5 Å². The molecular formula is C13H27NO. The molecule has 1 aliphatic carbocycles. The Morgan fingerprint density at radius 3 is 2.27 bits per heavy atom. The lowest BCUT2D eigenvalue weighted by Gasteiger charge is -2.32. The summed E-state index contributed by atoms with van der Waals surface area (Å²) >= 11 is 0. The molecule has 15 heavy (non-hydrogen) atoms. The normalized spacial score (nSPS) is 24.4. The largest absolute Gasteiger partial charge is 0.389 e. The lowest BCUT2D eigenvalue weighted by Crippen LogP contribution is -2.47. The lowest BCUT2D eigenvalue weighted by molar-refractivity contribution is -0.000505. The maximum atomic E-state index is 10.4. The highest BCUT2D eigenvalue weighted by atomic mass is 16.3. The Kier molecular flexibility index (Phi) is 4.60. The number of nitrogens with one attached hydrogen (secondary N) is 1. The van der Waals surface area contributed by atoms with E-state index in [0.717, 1.165) is 6.54 Å². The SMILES string of the molecule is CC(C)C(C)NCC(C)(O)C1CCCC1. The van der Waals surface area contributed by atoms with E-state index in [9.17, 15) is 5.11 Å². The van der Waals surface area contributed by atoms with Crippen molar-refractivity contribution in [2.75, 3.05) is 6.54 Å². The fourth-order valence-electron chi connectivity index (χ4n) is 2.30. The first-order chi connectivity index (χ1) is 6.93. The zero-order chi connectivity index (χ0) is 11.5. The van der Waals surface area contributed by atoms with E-state index in [1.165, 1.54) is 25.7 Å². The smallest absolute Gasteiger partial charge is 0.0771 e. The number of hydrogen-bond donors (Lipinski definition) is 2. The predicted molar refractivity (Wildman–Crippen MR) is 64.9 cm³/mol. The highest BCUT2D eigenvalue weighted by molar-refractivity contribution is 4.88. The van der Waals surface area contributed by atoms with Crippen LogP contribution in [0.2, 0.25) is 0 Å². The topological polar surface area (TPSA) is 32.3 Å². The molecule has 2 N–H and O–H groups in total. The molecule has 1 fully saturated rings. The zero-order valence-corrected chi connectivity index (χ0v) is 10.7. The van der Waals surface area contributed by atoms with Crippen LogP contribution >= 0.6 is 0 Å². The molecule has 0 radical (unpaired) electrons. The Morgan fingerprint density at radius 2 is 1.80 bits per heavy atom. The highest BCUT2D eigenvalue weighted by Crippen LogP contribution is 2.33. The zero-order valence-electron chi connectivity index (χ0n) is 10.7. The van der Waals surface area contributed by atoms with Gasteiger partial charge < -0.3 is 10.4 Å². The maximum Gasteiger partial charge on any atom is 0.0771 e. The third-order valence-corrected chi connectivity index (χ3v) is 4.02. The van der Waals surface area contributed by atoms with Crippen molar-refractivity contribution in [3.8, 4) is 0 Å².